The number of fused-ring (bicyclic) bond motifs is 1. The first-order chi connectivity index (χ1) is 15.0. The Balaban J connectivity index is 1.24. The van der Waals surface area contributed by atoms with Gasteiger partial charge >= 0.3 is 6.03 Å². The summed E-state index contributed by atoms with van der Waals surface area (Å²) in [6, 6.07) is 3.87. The molecule has 31 heavy (non-hydrogen) atoms. The standard InChI is InChI=1S/C22H27N7O2/c1-26-13-18(23-15-26)14-27-6-2-16(3-7-27)10-17-4-9-29-19(11-17)20(12-24-29)28-8-5-21(30)25-22(28)31/h4,9,11-13,15-16H,2-3,5-8,10,14H2,1H3,(H,25,30,31). The number of imidazole rings is 1. The molecule has 2 aliphatic rings. The second kappa shape index (κ2) is 8.14. The van der Waals surface area contributed by atoms with Crippen molar-refractivity contribution < 1.29 is 9.59 Å². The number of piperidine rings is 1. The van der Waals surface area contributed by atoms with Gasteiger partial charge in [-0.25, -0.2) is 14.3 Å². The van der Waals surface area contributed by atoms with Crippen LogP contribution in [0.2, 0.25) is 0 Å². The highest BCUT2D eigenvalue weighted by atomic mass is 16.2. The van der Waals surface area contributed by atoms with Gasteiger partial charge in [0.2, 0.25) is 5.91 Å². The minimum absolute atomic E-state index is 0.229. The van der Waals surface area contributed by atoms with E-state index in [2.05, 4.69) is 38.6 Å². The molecule has 9 nitrogen and oxygen atoms in total. The molecule has 0 atom stereocenters. The van der Waals surface area contributed by atoms with Crippen LogP contribution >= 0.6 is 0 Å². The Labute approximate surface area is 180 Å². The fourth-order valence-electron chi connectivity index (χ4n) is 4.60. The summed E-state index contributed by atoms with van der Waals surface area (Å²) in [5, 5.41) is 6.77. The van der Waals surface area contributed by atoms with Crippen LogP contribution in [0.4, 0.5) is 10.5 Å². The topological polar surface area (TPSA) is 87.8 Å². The number of likely N-dealkylation sites (tertiary alicyclic amines) is 1. The van der Waals surface area contributed by atoms with Gasteiger partial charge in [-0.2, -0.15) is 5.10 Å². The normalized spacial score (nSPS) is 18.7. The molecule has 1 N–H and O–H groups in total. The van der Waals surface area contributed by atoms with Crippen molar-refractivity contribution in [1.29, 1.82) is 0 Å². The maximum Gasteiger partial charge on any atom is 0.328 e. The molecule has 0 aromatic carbocycles. The van der Waals surface area contributed by atoms with E-state index in [4.69, 9.17) is 0 Å². The van der Waals surface area contributed by atoms with Crippen molar-refractivity contribution in [2.45, 2.75) is 32.2 Å². The number of amides is 3. The molecule has 5 heterocycles. The van der Waals surface area contributed by atoms with E-state index in [0.717, 1.165) is 43.0 Å². The molecule has 2 saturated heterocycles. The number of imide groups is 1. The Hall–Kier alpha value is -3.20. The Kier molecular flexibility index (Phi) is 5.19. The van der Waals surface area contributed by atoms with E-state index in [0.29, 0.717) is 18.9 Å². The molecule has 3 aromatic rings. The highest BCUT2D eigenvalue weighted by Gasteiger charge is 2.27. The second-order valence-electron chi connectivity index (χ2n) is 8.60. The zero-order valence-corrected chi connectivity index (χ0v) is 17.7. The summed E-state index contributed by atoms with van der Waals surface area (Å²) in [5.41, 5.74) is 4.03. The van der Waals surface area contributed by atoms with E-state index in [9.17, 15) is 9.59 Å². The van der Waals surface area contributed by atoms with E-state index in [1.807, 2.05) is 24.1 Å². The molecule has 0 spiro atoms. The number of aryl methyl sites for hydroxylation is 1. The Morgan fingerprint density at radius 2 is 2.03 bits per heavy atom. The lowest BCUT2D eigenvalue weighted by Crippen LogP contribution is -2.49. The van der Waals surface area contributed by atoms with Crippen LogP contribution in [-0.2, 0) is 24.8 Å². The minimum atomic E-state index is -0.378. The van der Waals surface area contributed by atoms with Gasteiger partial charge in [-0.1, -0.05) is 0 Å². The summed E-state index contributed by atoms with van der Waals surface area (Å²) in [5.74, 6) is 0.414. The molecule has 0 unspecified atom stereocenters. The number of carbonyl (C=O) groups is 2. The van der Waals surface area contributed by atoms with Crippen molar-refractivity contribution in [2.24, 2.45) is 13.0 Å². The van der Waals surface area contributed by atoms with Gasteiger partial charge in [0.1, 0.15) is 0 Å². The molecular formula is C22H27N7O2. The number of pyridine rings is 1. The lowest BCUT2D eigenvalue weighted by molar-refractivity contribution is -0.120. The predicted octanol–water partition coefficient (Wildman–Crippen LogP) is 1.97. The van der Waals surface area contributed by atoms with Gasteiger partial charge in [-0.3, -0.25) is 19.9 Å². The Morgan fingerprint density at radius 3 is 2.77 bits per heavy atom. The van der Waals surface area contributed by atoms with Crippen molar-refractivity contribution in [1.82, 2.24) is 29.4 Å². The van der Waals surface area contributed by atoms with Crippen LogP contribution in [0.1, 0.15) is 30.5 Å². The molecular weight excluding hydrogens is 394 g/mol. The molecule has 3 aromatic heterocycles. The van der Waals surface area contributed by atoms with E-state index < -0.39 is 0 Å². The van der Waals surface area contributed by atoms with Gasteiger partial charge in [0.25, 0.3) is 0 Å². The fourth-order valence-corrected chi connectivity index (χ4v) is 4.60. The molecule has 9 heteroatoms. The third kappa shape index (κ3) is 4.18. The average molecular weight is 422 g/mol. The van der Waals surface area contributed by atoms with Gasteiger partial charge < -0.3 is 4.57 Å². The fraction of sp³-hybridized carbons (Fsp3) is 0.455. The molecule has 2 fully saturated rings. The molecule has 0 bridgehead atoms. The van der Waals surface area contributed by atoms with E-state index in [1.54, 1.807) is 15.6 Å². The summed E-state index contributed by atoms with van der Waals surface area (Å²) in [6.07, 6.45) is 11.3. The molecule has 0 radical (unpaired) electrons. The van der Waals surface area contributed by atoms with Crippen molar-refractivity contribution in [3.05, 3.63) is 48.3 Å². The molecule has 2 aliphatic heterocycles. The van der Waals surface area contributed by atoms with Crippen molar-refractivity contribution in [3.63, 3.8) is 0 Å². The summed E-state index contributed by atoms with van der Waals surface area (Å²) >= 11 is 0. The first-order valence-electron chi connectivity index (χ1n) is 10.8. The third-order valence-corrected chi connectivity index (χ3v) is 6.29. The molecule has 3 amide bonds. The van der Waals surface area contributed by atoms with Crippen LogP contribution < -0.4 is 10.2 Å². The number of urea groups is 1. The molecule has 0 saturated carbocycles. The van der Waals surface area contributed by atoms with Crippen LogP contribution in [0.15, 0.2) is 37.1 Å². The monoisotopic (exact) mass is 421 g/mol. The predicted molar refractivity (Wildman–Crippen MR) is 116 cm³/mol. The largest absolute Gasteiger partial charge is 0.340 e. The maximum absolute atomic E-state index is 12.3. The smallest absolute Gasteiger partial charge is 0.328 e. The summed E-state index contributed by atoms with van der Waals surface area (Å²) < 4.78 is 3.78. The Bertz CT molecular complexity index is 1110. The third-order valence-electron chi connectivity index (χ3n) is 6.29. The zero-order chi connectivity index (χ0) is 21.4. The lowest BCUT2D eigenvalue weighted by Gasteiger charge is -2.31. The molecule has 0 aliphatic carbocycles. The number of rotatable bonds is 5. The number of hydrogen-bond donors (Lipinski definition) is 1. The molecule has 5 rings (SSSR count). The van der Waals surface area contributed by atoms with E-state index >= 15 is 0 Å². The first kappa shape index (κ1) is 19.7. The van der Waals surface area contributed by atoms with E-state index in [-0.39, 0.29) is 11.9 Å². The summed E-state index contributed by atoms with van der Waals surface area (Å²) in [7, 11) is 2.00. The molecule has 162 valence electrons. The number of nitrogens with one attached hydrogen (secondary N) is 1. The highest BCUT2D eigenvalue weighted by molar-refractivity contribution is 6.07. The van der Waals surface area contributed by atoms with Crippen molar-refractivity contribution >= 4 is 23.1 Å². The number of carbonyl (C=O) groups excluding carboxylic acids is 2. The quantitative estimate of drug-likeness (QED) is 0.681. The first-order valence-corrected chi connectivity index (χ1v) is 10.8. The average Bonchev–Trinajstić information content (AvgIpc) is 3.35. The number of nitrogens with zero attached hydrogens (tertiary/aromatic N) is 6. The van der Waals surface area contributed by atoms with Crippen molar-refractivity contribution in [3.8, 4) is 0 Å². The van der Waals surface area contributed by atoms with E-state index in [1.165, 1.54) is 18.4 Å². The van der Waals surface area contributed by atoms with Crippen LogP contribution in [-0.4, -0.2) is 55.6 Å². The van der Waals surface area contributed by atoms with Gasteiger partial charge in [-0.05, 0) is 56.0 Å². The SMILES string of the molecule is Cn1cnc(CN2CCC(Cc3ccn4ncc(N5CCC(=O)NC5=O)c4c3)CC2)c1. The number of aromatic nitrogens is 4. The van der Waals surface area contributed by atoms with Gasteiger partial charge in [-0.15, -0.1) is 0 Å². The summed E-state index contributed by atoms with van der Waals surface area (Å²) in [6.45, 7) is 3.47. The maximum atomic E-state index is 12.3. The van der Waals surface area contributed by atoms with Crippen molar-refractivity contribution in [2.75, 3.05) is 24.5 Å². The minimum Gasteiger partial charge on any atom is -0.340 e. The van der Waals surface area contributed by atoms with Crippen LogP contribution in [0.3, 0.4) is 0 Å². The summed E-state index contributed by atoms with van der Waals surface area (Å²) in [4.78, 5) is 32.2. The van der Waals surface area contributed by atoms with Crippen LogP contribution in [0, 0.1) is 5.92 Å². The van der Waals surface area contributed by atoms with Gasteiger partial charge in [0.15, 0.2) is 0 Å². The van der Waals surface area contributed by atoms with Crippen LogP contribution in [0.5, 0.6) is 0 Å². The highest BCUT2D eigenvalue weighted by Crippen LogP contribution is 2.27. The number of hydrogen-bond acceptors (Lipinski definition) is 5. The number of anilines is 1. The lowest BCUT2D eigenvalue weighted by atomic mass is 9.90. The second-order valence-corrected chi connectivity index (χ2v) is 8.60. The van der Waals surface area contributed by atoms with Crippen LogP contribution in [0.25, 0.3) is 5.52 Å². The van der Waals surface area contributed by atoms with Gasteiger partial charge in [0.05, 0.1) is 29.4 Å². The zero-order valence-electron chi connectivity index (χ0n) is 17.7. The Morgan fingerprint density at radius 1 is 1.19 bits per heavy atom. The van der Waals surface area contributed by atoms with Gasteiger partial charge in [0, 0.05) is 39.0 Å².